The van der Waals surface area contributed by atoms with Crippen LogP contribution in [0.5, 0.6) is 5.75 Å². The second-order valence-electron chi connectivity index (χ2n) is 4.07. The van der Waals surface area contributed by atoms with Gasteiger partial charge in [0.05, 0.1) is 7.11 Å². The third kappa shape index (κ3) is 3.10. The number of sulfonamides is 1. The smallest absolute Gasteiger partial charge is 0.266 e. The van der Waals surface area contributed by atoms with Gasteiger partial charge in [0, 0.05) is 10.7 Å². The summed E-state index contributed by atoms with van der Waals surface area (Å²) in [5.41, 5.74) is 0.888. The Morgan fingerprint density at radius 1 is 1.30 bits per heavy atom. The van der Waals surface area contributed by atoms with E-state index in [2.05, 4.69) is 25.6 Å². The van der Waals surface area contributed by atoms with Crippen LogP contribution in [0, 0.1) is 6.92 Å². The highest BCUT2D eigenvalue weighted by atomic mass is 79.9. The minimum Gasteiger partial charge on any atom is -0.495 e. The Bertz CT molecular complexity index is 718. The van der Waals surface area contributed by atoms with Gasteiger partial charge in [-0.25, -0.2) is 13.4 Å². The van der Waals surface area contributed by atoms with Gasteiger partial charge in [0.2, 0.25) is 0 Å². The number of hydrogen-bond donors (Lipinski definition) is 1. The summed E-state index contributed by atoms with van der Waals surface area (Å²) in [4.78, 5) is 4.00. The van der Waals surface area contributed by atoms with Crippen LogP contribution in [0.15, 0.2) is 45.9 Å². The van der Waals surface area contributed by atoms with E-state index in [1.54, 1.807) is 24.3 Å². The highest BCUT2D eigenvalue weighted by molar-refractivity contribution is 9.10. The molecule has 106 valence electrons. The number of hydrogen-bond acceptors (Lipinski definition) is 4. The Balaban J connectivity index is 2.47. The average Bonchev–Trinajstić information content (AvgIpc) is 2.42. The maximum absolute atomic E-state index is 12.4. The summed E-state index contributed by atoms with van der Waals surface area (Å²) < 4.78 is 33.0. The van der Waals surface area contributed by atoms with E-state index < -0.39 is 10.0 Å². The van der Waals surface area contributed by atoms with Gasteiger partial charge >= 0.3 is 0 Å². The highest BCUT2D eigenvalue weighted by Crippen LogP contribution is 2.31. The van der Waals surface area contributed by atoms with E-state index in [4.69, 9.17) is 4.74 Å². The lowest BCUT2D eigenvalue weighted by molar-refractivity contribution is 0.402. The van der Waals surface area contributed by atoms with Crippen LogP contribution < -0.4 is 9.46 Å². The van der Waals surface area contributed by atoms with Gasteiger partial charge < -0.3 is 4.74 Å². The zero-order valence-electron chi connectivity index (χ0n) is 10.9. The number of halogens is 1. The molecule has 0 saturated heterocycles. The lowest BCUT2D eigenvalue weighted by Crippen LogP contribution is -2.15. The lowest BCUT2D eigenvalue weighted by Gasteiger charge is -2.12. The fraction of sp³-hybridized carbons (Fsp3) is 0.154. The number of nitrogens with one attached hydrogen (secondary N) is 1. The van der Waals surface area contributed by atoms with E-state index in [0.29, 0.717) is 4.47 Å². The fourth-order valence-corrected chi connectivity index (χ4v) is 3.30. The maximum atomic E-state index is 12.4. The first kappa shape index (κ1) is 14.8. The van der Waals surface area contributed by atoms with Crippen molar-refractivity contribution >= 4 is 31.8 Å². The molecule has 0 aliphatic rings. The molecule has 2 rings (SSSR count). The number of ether oxygens (including phenoxy) is 1. The number of benzene rings is 1. The Hall–Kier alpha value is -1.60. The summed E-state index contributed by atoms with van der Waals surface area (Å²) in [6.07, 6.45) is 1.51. The van der Waals surface area contributed by atoms with Crippen LogP contribution in [0.2, 0.25) is 0 Å². The Morgan fingerprint density at radius 2 is 2.05 bits per heavy atom. The molecule has 0 aliphatic carbocycles. The van der Waals surface area contributed by atoms with Crippen LogP contribution in [-0.2, 0) is 10.0 Å². The van der Waals surface area contributed by atoms with E-state index in [1.165, 1.54) is 19.4 Å². The highest BCUT2D eigenvalue weighted by Gasteiger charge is 2.21. The monoisotopic (exact) mass is 356 g/mol. The fourth-order valence-electron chi connectivity index (χ4n) is 1.62. The summed E-state index contributed by atoms with van der Waals surface area (Å²) in [5.74, 6) is 0.542. The molecular formula is C13H13BrN2O3S. The van der Waals surface area contributed by atoms with Crippen molar-refractivity contribution in [2.75, 3.05) is 11.8 Å². The molecule has 1 heterocycles. The van der Waals surface area contributed by atoms with E-state index in [1.807, 2.05) is 6.92 Å². The zero-order chi connectivity index (χ0) is 14.8. The molecule has 20 heavy (non-hydrogen) atoms. The molecule has 1 aromatic carbocycles. The molecule has 0 bridgehead atoms. The average molecular weight is 357 g/mol. The molecule has 0 fully saturated rings. The molecule has 0 aliphatic heterocycles. The first-order valence-corrected chi connectivity index (χ1v) is 7.99. The predicted octanol–water partition coefficient (Wildman–Crippen LogP) is 2.96. The van der Waals surface area contributed by atoms with Gasteiger partial charge in [0.15, 0.2) is 0 Å². The molecule has 5 nitrogen and oxygen atoms in total. The zero-order valence-corrected chi connectivity index (χ0v) is 13.3. The summed E-state index contributed by atoms with van der Waals surface area (Å²) >= 11 is 3.32. The van der Waals surface area contributed by atoms with Gasteiger partial charge in [-0.05, 0) is 36.8 Å². The van der Waals surface area contributed by atoms with Gasteiger partial charge in [0.25, 0.3) is 10.0 Å². The second kappa shape index (κ2) is 5.80. The van der Waals surface area contributed by atoms with E-state index in [-0.39, 0.29) is 16.5 Å². The summed E-state index contributed by atoms with van der Waals surface area (Å²) in [6.45, 7) is 1.86. The van der Waals surface area contributed by atoms with Crippen molar-refractivity contribution in [2.24, 2.45) is 0 Å². The van der Waals surface area contributed by atoms with Gasteiger partial charge in [-0.2, -0.15) is 0 Å². The minimum atomic E-state index is -3.76. The lowest BCUT2D eigenvalue weighted by atomic mass is 10.2. The van der Waals surface area contributed by atoms with Crippen molar-refractivity contribution in [2.45, 2.75) is 11.8 Å². The minimum absolute atomic E-state index is 0.0585. The topological polar surface area (TPSA) is 68.3 Å². The molecule has 0 atom stereocenters. The Labute approximate surface area is 126 Å². The molecule has 0 amide bonds. The van der Waals surface area contributed by atoms with Gasteiger partial charge in [-0.1, -0.05) is 22.0 Å². The van der Waals surface area contributed by atoms with Crippen molar-refractivity contribution < 1.29 is 13.2 Å². The normalized spacial score (nSPS) is 11.2. The molecule has 2 aromatic rings. The number of pyridine rings is 1. The quantitative estimate of drug-likeness (QED) is 0.914. The molecule has 0 saturated carbocycles. The summed E-state index contributed by atoms with van der Waals surface area (Å²) in [6, 6.07) is 8.16. The SMILES string of the molecule is COc1cc(C)c(Br)cc1S(=O)(=O)Nc1ccccn1. The number of methoxy groups -OCH3 is 1. The van der Waals surface area contributed by atoms with E-state index in [0.717, 1.165) is 5.56 Å². The maximum Gasteiger partial charge on any atom is 0.266 e. The predicted molar refractivity (Wildman–Crippen MR) is 80.5 cm³/mol. The van der Waals surface area contributed by atoms with Crippen LogP contribution in [0.1, 0.15) is 5.56 Å². The van der Waals surface area contributed by atoms with Crippen molar-refractivity contribution in [1.82, 2.24) is 4.98 Å². The molecule has 1 aromatic heterocycles. The van der Waals surface area contributed by atoms with Crippen molar-refractivity contribution in [1.29, 1.82) is 0 Å². The summed E-state index contributed by atoms with van der Waals surface area (Å²) in [5, 5.41) is 0. The number of aryl methyl sites for hydroxylation is 1. The Kier molecular flexibility index (Phi) is 4.29. The molecule has 7 heteroatoms. The van der Waals surface area contributed by atoms with E-state index >= 15 is 0 Å². The number of rotatable bonds is 4. The number of anilines is 1. The van der Waals surface area contributed by atoms with Crippen LogP contribution in [0.4, 0.5) is 5.82 Å². The van der Waals surface area contributed by atoms with Crippen molar-refractivity contribution in [3.63, 3.8) is 0 Å². The largest absolute Gasteiger partial charge is 0.495 e. The van der Waals surface area contributed by atoms with Crippen LogP contribution in [0.3, 0.4) is 0 Å². The Morgan fingerprint density at radius 3 is 2.65 bits per heavy atom. The molecular weight excluding hydrogens is 344 g/mol. The number of nitrogens with zero attached hydrogens (tertiary/aromatic N) is 1. The van der Waals surface area contributed by atoms with Crippen molar-refractivity contribution in [3.05, 3.63) is 46.6 Å². The summed E-state index contributed by atoms with van der Waals surface area (Å²) in [7, 11) is -2.33. The van der Waals surface area contributed by atoms with Crippen LogP contribution in [-0.4, -0.2) is 20.5 Å². The van der Waals surface area contributed by atoms with E-state index in [9.17, 15) is 8.42 Å². The van der Waals surface area contributed by atoms with Crippen LogP contribution in [0.25, 0.3) is 0 Å². The second-order valence-corrected chi connectivity index (χ2v) is 6.58. The van der Waals surface area contributed by atoms with Gasteiger partial charge in [-0.15, -0.1) is 0 Å². The third-order valence-electron chi connectivity index (χ3n) is 2.64. The van der Waals surface area contributed by atoms with Crippen LogP contribution >= 0.6 is 15.9 Å². The molecule has 1 N–H and O–H groups in total. The number of aromatic nitrogens is 1. The van der Waals surface area contributed by atoms with Crippen molar-refractivity contribution in [3.8, 4) is 5.75 Å². The standard InChI is InChI=1S/C13H13BrN2O3S/c1-9-7-11(19-2)12(8-10(9)14)20(17,18)16-13-5-3-4-6-15-13/h3-8H,1-2H3,(H,15,16). The molecule has 0 spiro atoms. The molecule has 0 radical (unpaired) electrons. The van der Waals surface area contributed by atoms with Gasteiger partial charge in [0.1, 0.15) is 16.5 Å². The third-order valence-corrected chi connectivity index (χ3v) is 4.87. The first-order valence-electron chi connectivity index (χ1n) is 5.72. The van der Waals surface area contributed by atoms with Gasteiger partial charge in [-0.3, -0.25) is 4.72 Å². The molecule has 0 unspecified atom stereocenters. The first-order chi connectivity index (χ1) is 9.44.